The fraction of sp³-hybridized carbons (Fsp3) is 0.143. The minimum atomic E-state index is -4.57. The molecule has 51 heavy (non-hydrogen) atoms. The number of alkyl halides is 3. The number of hydrogen-bond acceptors (Lipinski definition) is 4. The first-order valence-corrected chi connectivity index (χ1v) is 16.3. The summed E-state index contributed by atoms with van der Waals surface area (Å²) in [5.74, 6) is 2.71. The van der Waals surface area contributed by atoms with Crippen molar-refractivity contribution in [3.63, 3.8) is 0 Å². The highest BCUT2D eigenvalue weighted by Crippen LogP contribution is 2.44. The van der Waals surface area contributed by atoms with E-state index < -0.39 is 11.7 Å². The van der Waals surface area contributed by atoms with Crippen LogP contribution >= 0.6 is 0 Å². The van der Waals surface area contributed by atoms with Gasteiger partial charge in [0.25, 0.3) is 0 Å². The molecule has 0 aliphatic carbocycles. The highest BCUT2D eigenvalue weighted by molar-refractivity contribution is 6.12. The van der Waals surface area contributed by atoms with Gasteiger partial charge in [0.2, 0.25) is 0 Å². The summed E-state index contributed by atoms with van der Waals surface area (Å²) in [6.07, 6.45) is -4.57. The number of aromatic nitrogens is 2. The van der Waals surface area contributed by atoms with Crippen molar-refractivity contribution in [3.05, 3.63) is 120 Å². The third-order valence-corrected chi connectivity index (χ3v) is 9.61. The van der Waals surface area contributed by atoms with Crippen LogP contribution < -0.4 is 18.9 Å². The molecule has 0 fully saturated rings. The van der Waals surface area contributed by atoms with E-state index in [0.717, 1.165) is 60.9 Å². The summed E-state index contributed by atoms with van der Waals surface area (Å²) in [6, 6.07) is 33.0. The van der Waals surface area contributed by atoms with Crippen LogP contribution in [0.3, 0.4) is 0 Å². The zero-order chi connectivity index (χ0) is 35.6. The molecule has 8 rings (SSSR count). The van der Waals surface area contributed by atoms with Gasteiger partial charge in [0.05, 0.1) is 67.4 Å². The van der Waals surface area contributed by atoms with E-state index in [0.29, 0.717) is 39.8 Å². The zero-order valence-corrected chi connectivity index (χ0v) is 28.6. The number of aryl methyl sites for hydroxylation is 1. The topological polar surface area (TPSA) is 46.8 Å². The van der Waals surface area contributed by atoms with Crippen molar-refractivity contribution in [2.24, 2.45) is 0 Å². The third kappa shape index (κ3) is 5.19. The van der Waals surface area contributed by atoms with E-state index in [1.807, 2.05) is 102 Å². The van der Waals surface area contributed by atoms with Crippen LogP contribution in [0.2, 0.25) is 0 Å². The van der Waals surface area contributed by atoms with Crippen molar-refractivity contribution < 1.29 is 32.1 Å². The number of halogens is 3. The van der Waals surface area contributed by atoms with Crippen molar-refractivity contribution in [3.8, 4) is 45.5 Å². The Morgan fingerprint density at radius 1 is 0.431 bits per heavy atom. The zero-order valence-electron chi connectivity index (χ0n) is 28.6. The van der Waals surface area contributed by atoms with E-state index in [-0.39, 0.29) is 0 Å². The van der Waals surface area contributed by atoms with Crippen LogP contribution in [0.25, 0.3) is 66.1 Å². The molecule has 6 aromatic carbocycles. The van der Waals surface area contributed by atoms with Gasteiger partial charge in [0.1, 0.15) is 23.0 Å². The summed E-state index contributed by atoms with van der Waals surface area (Å²) in [4.78, 5) is 0. The molecule has 0 atom stereocenters. The van der Waals surface area contributed by atoms with E-state index >= 15 is 0 Å². The fourth-order valence-electron chi connectivity index (χ4n) is 7.17. The van der Waals surface area contributed by atoms with E-state index in [9.17, 15) is 13.2 Å². The molecule has 0 radical (unpaired) electrons. The Labute approximate surface area is 291 Å². The SMILES string of the molecule is COc1ccc2c(c1)c1cc(OC)ccc1n2-c1ccc(C)cc1-c1cc(C(F)(F)F)ccc1-n1c2ccc(OC)cc2c2cc(OC)ccc21. The van der Waals surface area contributed by atoms with Crippen molar-refractivity contribution >= 4 is 43.6 Å². The number of fused-ring (bicyclic) bond motifs is 6. The second-order valence-corrected chi connectivity index (χ2v) is 12.5. The summed E-state index contributed by atoms with van der Waals surface area (Å²) in [6.45, 7) is 1.95. The molecule has 0 amide bonds. The third-order valence-electron chi connectivity index (χ3n) is 9.61. The highest BCUT2D eigenvalue weighted by atomic mass is 19.4. The second kappa shape index (κ2) is 12.1. The maximum atomic E-state index is 14.6. The lowest BCUT2D eigenvalue weighted by atomic mass is 9.96. The van der Waals surface area contributed by atoms with E-state index in [2.05, 4.69) is 4.57 Å². The maximum Gasteiger partial charge on any atom is 0.416 e. The lowest BCUT2D eigenvalue weighted by molar-refractivity contribution is -0.137. The van der Waals surface area contributed by atoms with Gasteiger partial charge < -0.3 is 28.1 Å². The van der Waals surface area contributed by atoms with E-state index in [1.54, 1.807) is 34.5 Å². The van der Waals surface area contributed by atoms with Gasteiger partial charge in [0, 0.05) is 32.7 Å². The van der Waals surface area contributed by atoms with Gasteiger partial charge in [-0.1, -0.05) is 11.6 Å². The second-order valence-electron chi connectivity index (χ2n) is 12.5. The van der Waals surface area contributed by atoms with E-state index in [4.69, 9.17) is 18.9 Å². The lowest BCUT2D eigenvalue weighted by Crippen LogP contribution is -2.08. The molecule has 0 saturated carbocycles. The Balaban J connectivity index is 1.50. The highest BCUT2D eigenvalue weighted by Gasteiger charge is 2.32. The van der Waals surface area contributed by atoms with Crippen LogP contribution in [0.5, 0.6) is 23.0 Å². The Morgan fingerprint density at radius 2 is 0.784 bits per heavy atom. The first-order valence-electron chi connectivity index (χ1n) is 16.3. The summed E-state index contributed by atoms with van der Waals surface area (Å²) in [7, 11) is 6.45. The van der Waals surface area contributed by atoms with Crippen LogP contribution in [0.4, 0.5) is 13.2 Å². The predicted molar refractivity (Wildman–Crippen MR) is 197 cm³/mol. The average Bonchev–Trinajstić information content (AvgIpc) is 3.64. The molecule has 8 aromatic rings. The summed E-state index contributed by atoms with van der Waals surface area (Å²) < 4.78 is 70.2. The smallest absolute Gasteiger partial charge is 0.416 e. The normalized spacial score (nSPS) is 11.9. The first-order chi connectivity index (χ1) is 24.6. The van der Waals surface area contributed by atoms with Crippen LogP contribution in [0, 0.1) is 6.92 Å². The van der Waals surface area contributed by atoms with Gasteiger partial charge in [-0.15, -0.1) is 0 Å². The monoisotopic (exact) mass is 686 g/mol. The molecular formula is C42H33F3N2O4. The summed E-state index contributed by atoms with van der Waals surface area (Å²) in [5, 5.41) is 3.60. The van der Waals surface area contributed by atoms with Gasteiger partial charge in [-0.3, -0.25) is 0 Å². The van der Waals surface area contributed by atoms with Crippen LogP contribution in [-0.4, -0.2) is 37.6 Å². The number of rotatable bonds is 7. The van der Waals surface area contributed by atoms with Crippen molar-refractivity contribution in [2.75, 3.05) is 28.4 Å². The number of benzene rings is 6. The molecule has 2 aromatic heterocycles. The quantitative estimate of drug-likeness (QED) is 0.167. The number of methoxy groups -OCH3 is 4. The first kappa shape index (κ1) is 32.1. The predicted octanol–water partition coefficient (Wildman–Crippen LogP) is 10.9. The molecule has 0 unspecified atom stereocenters. The van der Waals surface area contributed by atoms with Crippen LogP contribution in [0.15, 0.2) is 109 Å². The Hall–Kier alpha value is -6.09. The lowest BCUT2D eigenvalue weighted by Gasteiger charge is -2.21. The van der Waals surface area contributed by atoms with Gasteiger partial charge in [-0.25, -0.2) is 0 Å². The van der Waals surface area contributed by atoms with Crippen LogP contribution in [-0.2, 0) is 6.18 Å². The Kier molecular flexibility index (Phi) is 7.59. The number of nitrogens with zero attached hydrogens (tertiary/aromatic N) is 2. The molecule has 6 nitrogen and oxygen atoms in total. The minimum absolute atomic E-state index is 0.422. The molecule has 0 N–H and O–H groups in total. The average molecular weight is 687 g/mol. The fourth-order valence-corrected chi connectivity index (χ4v) is 7.17. The number of ether oxygens (including phenoxy) is 4. The minimum Gasteiger partial charge on any atom is -0.497 e. The molecule has 0 aliphatic rings. The number of hydrogen-bond donors (Lipinski definition) is 0. The van der Waals surface area contributed by atoms with Crippen LogP contribution in [0.1, 0.15) is 11.1 Å². The van der Waals surface area contributed by atoms with Gasteiger partial charge in [-0.05, 0) is 110 Å². The van der Waals surface area contributed by atoms with E-state index in [1.165, 1.54) is 6.07 Å². The van der Waals surface area contributed by atoms with Crippen molar-refractivity contribution in [1.29, 1.82) is 0 Å². The molecule has 2 heterocycles. The summed E-state index contributed by atoms with van der Waals surface area (Å²) in [5.41, 5.74) is 5.89. The molecule has 9 heteroatoms. The maximum absolute atomic E-state index is 14.6. The molecular weight excluding hydrogens is 653 g/mol. The van der Waals surface area contributed by atoms with Gasteiger partial charge >= 0.3 is 6.18 Å². The molecule has 0 bridgehead atoms. The standard InChI is InChI=1S/C42H33F3N2O4/c1-24-6-12-36(46-38-14-8-26(48-2)20-32(38)33-21-27(49-3)9-15-39(33)46)30(18-24)31-19-25(42(43,44)45)7-13-37(31)47-40-16-10-28(50-4)22-34(40)35-23-29(51-5)11-17-41(35)47/h6-23H,1-5H3. The Morgan fingerprint density at radius 3 is 1.14 bits per heavy atom. The molecule has 0 spiro atoms. The summed E-state index contributed by atoms with van der Waals surface area (Å²) >= 11 is 0. The Bertz CT molecular complexity index is 2530. The van der Waals surface area contributed by atoms with Gasteiger partial charge in [0.15, 0.2) is 0 Å². The molecule has 256 valence electrons. The molecule has 0 saturated heterocycles. The van der Waals surface area contributed by atoms with Gasteiger partial charge in [-0.2, -0.15) is 13.2 Å². The molecule has 0 aliphatic heterocycles. The van der Waals surface area contributed by atoms with Crippen molar-refractivity contribution in [1.82, 2.24) is 9.13 Å². The van der Waals surface area contributed by atoms with Crippen molar-refractivity contribution in [2.45, 2.75) is 13.1 Å². The largest absolute Gasteiger partial charge is 0.497 e.